The number of rotatable bonds is 37. The number of unbranched alkanes of at least 4 members (excludes halogenated alkanes) is 24. The second-order valence-electron chi connectivity index (χ2n) is 13.4. The summed E-state index contributed by atoms with van der Waals surface area (Å²) in [7, 11) is 2.14. The molecule has 0 aromatic heterocycles. The van der Waals surface area contributed by atoms with E-state index >= 15 is 0 Å². The summed E-state index contributed by atoms with van der Waals surface area (Å²) in [5, 5.41) is 0. The van der Waals surface area contributed by atoms with Gasteiger partial charge in [-0.3, -0.25) is 4.90 Å². The second-order valence-corrected chi connectivity index (χ2v) is 13.4. The van der Waals surface area contributed by atoms with Crippen LogP contribution in [0.2, 0.25) is 0 Å². The van der Waals surface area contributed by atoms with Gasteiger partial charge in [0.15, 0.2) is 0 Å². The van der Waals surface area contributed by atoms with Gasteiger partial charge in [0, 0.05) is 6.54 Å². The summed E-state index contributed by atoms with van der Waals surface area (Å²) >= 11 is 0. The van der Waals surface area contributed by atoms with Gasteiger partial charge in [0.2, 0.25) is 6.41 Å². The molecule has 270 valence electrons. The van der Waals surface area contributed by atoms with Crippen LogP contribution in [0.15, 0.2) is 24.3 Å². The van der Waals surface area contributed by atoms with E-state index in [0.717, 1.165) is 39.0 Å². The highest BCUT2D eigenvalue weighted by Crippen LogP contribution is 2.13. The highest BCUT2D eigenvalue weighted by atomic mass is 35.5. The Kier molecular flexibility index (Phi) is 43.3. The molecule has 0 amide bonds. The molecule has 0 heterocycles. The van der Waals surface area contributed by atoms with Crippen molar-refractivity contribution in [3.63, 3.8) is 0 Å². The van der Waals surface area contributed by atoms with Crippen LogP contribution in [-0.2, 0) is 9.47 Å². The van der Waals surface area contributed by atoms with Crippen molar-refractivity contribution < 1.29 is 9.47 Å². The van der Waals surface area contributed by atoms with Gasteiger partial charge in [0.05, 0.1) is 13.2 Å². The molecule has 45 heavy (non-hydrogen) atoms. The average molecular weight is 657 g/mol. The van der Waals surface area contributed by atoms with Crippen LogP contribution in [0.5, 0.6) is 0 Å². The zero-order valence-electron chi connectivity index (χ0n) is 31.2. The van der Waals surface area contributed by atoms with Crippen LogP contribution in [0.25, 0.3) is 0 Å². The molecule has 0 fully saturated rings. The fourth-order valence-corrected chi connectivity index (χ4v) is 5.83. The van der Waals surface area contributed by atoms with Crippen molar-refractivity contribution >= 4 is 12.4 Å². The van der Waals surface area contributed by atoms with Gasteiger partial charge in [-0.1, -0.05) is 161 Å². The van der Waals surface area contributed by atoms with Crippen LogP contribution in [0.3, 0.4) is 0 Å². The standard InChI is InChI=1S/C41H81NO2.ClH/c1-5-8-10-12-14-16-18-20-22-24-26-28-30-32-34-36-39-43-41(42(4)38-7-3)44-40-37-35-33-31-29-27-25-23-21-19-17-15-13-11-9-6-2;/h20-23,41H,5-19,24-40H2,1-4H3;1H/b22-20-,23-21-;. The average Bonchev–Trinajstić information content (AvgIpc) is 3.03. The van der Waals surface area contributed by atoms with Crippen LogP contribution < -0.4 is 0 Å². The van der Waals surface area contributed by atoms with E-state index in [1.165, 1.54) is 167 Å². The lowest BCUT2D eigenvalue weighted by molar-refractivity contribution is -0.218. The number of hydrogen-bond donors (Lipinski definition) is 0. The molecule has 0 aromatic rings. The molecule has 0 aromatic carbocycles. The molecule has 4 heteroatoms. The van der Waals surface area contributed by atoms with Gasteiger partial charge in [0.25, 0.3) is 0 Å². The molecule has 0 aliphatic carbocycles. The van der Waals surface area contributed by atoms with Gasteiger partial charge in [-0.15, -0.1) is 12.4 Å². The first-order chi connectivity index (χ1) is 21.8. The first-order valence-corrected chi connectivity index (χ1v) is 20.0. The topological polar surface area (TPSA) is 21.7 Å². The number of nitrogens with zero attached hydrogens (tertiary/aromatic N) is 1. The van der Waals surface area contributed by atoms with Crippen LogP contribution in [-0.4, -0.2) is 38.1 Å². The zero-order chi connectivity index (χ0) is 32.0. The first-order valence-electron chi connectivity index (χ1n) is 20.0. The highest BCUT2D eigenvalue weighted by molar-refractivity contribution is 5.85. The minimum atomic E-state index is -0.179. The highest BCUT2D eigenvalue weighted by Gasteiger charge is 2.14. The Morgan fingerprint density at radius 2 is 0.689 bits per heavy atom. The molecule has 0 unspecified atom stereocenters. The number of allylic oxidation sites excluding steroid dienone is 4. The van der Waals surface area contributed by atoms with Crippen molar-refractivity contribution in [1.29, 1.82) is 0 Å². The molecule has 0 bridgehead atoms. The van der Waals surface area contributed by atoms with Gasteiger partial charge < -0.3 is 9.47 Å². The van der Waals surface area contributed by atoms with Crippen LogP contribution >= 0.6 is 12.4 Å². The van der Waals surface area contributed by atoms with Gasteiger partial charge in [-0.05, 0) is 77.7 Å². The lowest BCUT2D eigenvalue weighted by atomic mass is 10.1. The smallest absolute Gasteiger partial charge is 0.218 e. The summed E-state index contributed by atoms with van der Waals surface area (Å²) in [5.74, 6) is 0. The Labute approximate surface area is 290 Å². The molecule has 0 aliphatic rings. The summed E-state index contributed by atoms with van der Waals surface area (Å²) in [6.45, 7) is 9.45. The quantitative estimate of drug-likeness (QED) is 0.0377. The fraction of sp³-hybridized carbons (Fsp3) is 0.902. The predicted molar refractivity (Wildman–Crippen MR) is 205 cm³/mol. The molecule has 0 N–H and O–H groups in total. The summed E-state index contributed by atoms with van der Waals surface area (Å²) in [4.78, 5) is 2.24. The molecule has 3 nitrogen and oxygen atoms in total. The van der Waals surface area contributed by atoms with Crippen LogP contribution in [0.4, 0.5) is 0 Å². The number of hydrogen-bond acceptors (Lipinski definition) is 3. The third-order valence-electron chi connectivity index (χ3n) is 8.77. The Morgan fingerprint density at radius 1 is 0.400 bits per heavy atom. The summed E-state index contributed by atoms with van der Waals surface area (Å²) in [6, 6.07) is 0. The SMILES string of the molecule is CCCCCCCC/C=C\CCCCCCCCOC(OCCCCCCCC/C=C\CCCCCCCC)N(C)CCC.Cl. The predicted octanol–water partition coefficient (Wildman–Crippen LogP) is 14.1. The van der Waals surface area contributed by atoms with E-state index in [-0.39, 0.29) is 18.8 Å². The molecule has 0 radical (unpaired) electrons. The van der Waals surface area contributed by atoms with Crippen molar-refractivity contribution in [3.05, 3.63) is 24.3 Å². The molecule has 0 aliphatic heterocycles. The Morgan fingerprint density at radius 3 is 1.00 bits per heavy atom. The van der Waals surface area contributed by atoms with E-state index in [1.54, 1.807) is 0 Å². The van der Waals surface area contributed by atoms with E-state index < -0.39 is 0 Å². The van der Waals surface area contributed by atoms with Crippen molar-refractivity contribution in [2.24, 2.45) is 0 Å². The minimum Gasteiger partial charge on any atom is -0.340 e. The summed E-state index contributed by atoms with van der Waals surface area (Å²) in [5.41, 5.74) is 0. The monoisotopic (exact) mass is 656 g/mol. The molecule has 0 saturated carbocycles. The lowest BCUT2D eigenvalue weighted by Crippen LogP contribution is -2.37. The molecular weight excluding hydrogens is 574 g/mol. The molecule has 0 rings (SSSR count). The van der Waals surface area contributed by atoms with Crippen molar-refractivity contribution in [2.75, 3.05) is 26.8 Å². The Hall–Kier alpha value is -0.350. The van der Waals surface area contributed by atoms with Gasteiger partial charge in [-0.2, -0.15) is 0 Å². The number of ether oxygens (including phenoxy) is 2. The van der Waals surface area contributed by atoms with Crippen LogP contribution in [0.1, 0.15) is 207 Å². The third-order valence-corrected chi connectivity index (χ3v) is 8.77. The van der Waals surface area contributed by atoms with E-state index in [2.05, 4.69) is 57.0 Å². The van der Waals surface area contributed by atoms with E-state index in [4.69, 9.17) is 9.47 Å². The van der Waals surface area contributed by atoms with Gasteiger partial charge in [-0.25, -0.2) is 0 Å². The second kappa shape index (κ2) is 41.7. The van der Waals surface area contributed by atoms with Gasteiger partial charge >= 0.3 is 0 Å². The molecule has 0 spiro atoms. The number of halogens is 1. The van der Waals surface area contributed by atoms with E-state index in [9.17, 15) is 0 Å². The van der Waals surface area contributed by atoms with Crippen molar-refractivity contribution in [2.45, 2.75) is 213 Å². The minimum absolute atomic E-state index is 0. The third kappa shape index (κ3) is 38.0. The molecular formula is C41H82ClNO2. The van der Waals surface area contributed by atoms with E-state index in [0.29, 0.717) is 0 Å². The Bertz CT molecular complexity index is 538. The molecule has 0 saturated heterocycles. The maximum Gasteiger partial charge on any atom is 0.218 e. The van der Waals surface area contributed by atoms with Crippen molar-refractivity contribution in [3.8, 4) is 0 Å². The summed E-state index contributed by atoms with van der Waals surface area (Å²) in [6.07, 6.45) is 48.1. The Balaban J connectivity index is 0. The van der Waals surface area contributed by atoms with Gasteiger partial charge in [0.1, 0.15) is 0 Å². The lowest BCUT2D eigenvalue weighted by Gasteiger charge is -2.27. The first kappa shape index (κ1) is 46.8. The van der Waals surface area contributed by atoms with Crippen LogP contribution in [0, 0.1) is 0 Å². The maximum absolute atomic E-state index is 6.19. The maximum atomic E-state index is 6.19. The largest absolute Gasteiger partial charge is 0.340 e. The zero-order valence-corrected chi connectivity index (χ0v) is 32.0. The fourth-order valence-electron chi connectivity index (χ4n) is 5.83. The normalized spacial score (nSPS) is 12.0. The summed E-state index contributed by atoms with van der Waals surface area (Å²) < 4.78 is 12.4. The molecule has 0 atom stereocenters. The van der Waals surface area contributed by atoms with E-state index in [1.807, 2.05) is 0 Å². The van der Waals surface area contributed by atoms with Crippen molar-refractivity contribution in [1.82, 2.24) is 4.90 Å².